The van der Waals surface area contributed by atoms with Crippen LogP contribution in [0.2, 0.25) is 0 Å². The Kier molecular flexibility index (Phi) is 6.32. The van der Waals surface area contributed by atoms with Gasteiger partial charge in [-0.05, 0) is 30.3 Å². The summed E-state index contributed by atoms with van der Waals surface area (Å²) >= 11 is 0. The first kappa shape index (κ1) is 20.9. The predicted molar refractivity (Wildman–Crippen MR) is 114 cm³/mol. The lowest BCUT2D eigenvalue weighted by Gasteiger charge is -2.29. The number of rotatable bonds is 6. The van der Waals surface area contributed by atoms with Crippen molar-refractivity contribution in [1.29, 1.82) is 0 Å². The lowest BCUT2D eigenvalue weighted by molar-refractivity contribution is 0.0594. The van der Waals surface area contributed by atoms with Crippen LogP contribution in [0.4, 0.5) is 17.1 Å². The van der Waals surface area contributed by atoms with Crippen molar-refractivity contribution in [1.82, 2.24) is 0 Å². The van der Waals surface area contributed by atoms with Gasteiger partial charge in [-0.3, -0.25) is 0 Å². The Bertz CT molecular complexity index is 1050. The fourth-order valence-electron chi connectivity index (χ4n) is 3.17. The van der Waals surface area contributed by atoms with E-state index in [1.807, 2.05) is 0 Å². The molecule has 2 radical (unpaired) electrons. The van der Waals surface area contributed by atoms with E-state index < -0.39 is 17.6 Å². The zero-order valence-electron chi connectivity index (χ0n) is 16.5. The fraction of sp³-hybridized carbons (Fsp3) is 0.0870. The van der Waals surface area contributed by atoms with Gasteiger partial charge in [0.15, 0.2) is 7.85 Å². The van der Waals surface area contributed by atoms with Gasteiger partial charge in [0.25, 0.3) is 0 Å². The summed E-state index contributed by atoms with van der Waals surface area (Å²) in [5.41, 5.74) is 1.29. The molecule has 3 aromatic rings. The van der Waals surface area contributed by atoms with E-state index in [9.17, 15) is 14.4 Å². The molecule has 0 bridgehead atoms. The summed E-state index contributed by atoms with van der Waals surface area (Å²) in [6.07, 6.45) is 0. The van der Waals surface area contributed by atoms with Gasteiger partial charge in [0, 0.05) is 5.56 Å². The number of carbonyl (C=O) groups is 3. The van der Waals surface area contributed by atoms with Gasteiger partial charge in [0.2, 0.25) is 0 Å². The summed E-state index contributed by atoms with van der Waals surface area (Å²) in [6, 6.07) is 20.1. The van der Waals surface area contributed by atoms with Crippen LogP contribution >= 0.6 is 0 Å². The van der Waals surface area contributed by atoms with Crippen molar-refractivity contribution in [3.8, 4) is 0 Å². The highest BCUT2D eigenvalue weighted by Crippen LogP contribution is 2.40. The molecule has 0 saturated heterocycles. The lowest BCUT2D eigenvalue weighted by Crippen LogP contribution is -2.20. The molecule has 7 heteroatoms. The molecule has 148 valence electrons. The van der Waals surface area contributed by atoms with E-state index in [-0.39, 0.29) is 16.7 Å². The van der Waals surface area contributed by atoms with Gasteiger partial charge in [0.05, 0.1) is 42.4 Å². The van der Waals surface area contributed by atoms with E-state index in [2.05, 4.69) is 0 Å². The summed E-state index contributed by atoms with van der Waals surface area (Å²) in [6.45, 7) is 0. The van der Waals surface area contributed by atoms with Crippen molar-refractivity contribution in [3.05, 3.63) is 89.5 Å². The molecule has 0 aliphatic rings. The second-order valence-electron chi connectivity index (χ2n) is 6.23. The molecule has 0 spiro atoms. The third-order valence-electron chi connectivity index (χ3n) is 4.51. The van der Waals surface area contributed by atoms with Crippen molar-refractivity contribution < 1.29 is 23.9 Å². The van der Waals surface area contributed by atoms with Gasteiger partial charge >= 0.3 is 11.9 Å². The molecule has 0 N–H and O–H groups in total. The van der Waals surface area contributed by atoms with E-state index in [0.717, 1.165) is 0 Å². The van der Waals surface area contributed by atoms with E-state index in [0.29, 0.717) is 17.1 Å². The molecule has 0 aliphatic carbocycles. The van der Waals surface area contributed by atoms with Gasteiger partial charge in [-0.15, -0.1) is 0 Å². The number of hydrogen-bond acceptors (Lipinski definition) is 6. The standard InChI is InChI=1S/C23H18BNO5/c1-29-22(27)16-10-4-7-13-19(16)25(18-12-6-3-9-15(18)21(24)26)20-14-8-5-11-17(20)23(28)30-2/h3-14H,1-2H3. The highest BCUT2D eigenvalue weighted by Gasteiger charge is 2.26. The van der Waals surface area contributed by atoms with Crippen LogP contribution in [0.1, 0.15) is 31.1 Å². The van der Waals surface area contributed by atoms with Crippen LogP contribution in [0.5, 0.6) is 0 Å². The van der Waals surface area contributed by atoms with Gasteiger partial charge < -0.3 is 19.2 Å². The SMILES string of the molecule is [B]C(=O)c1ccccc1N(c1ccccc1C(=O)OC)c1ccccc1C(=O)OC. The molecule has 0 heterocycles. The van der Waals surface area contributed by atoms with Crippen molar-refractivity contribution in [2.45, 2.75) is 0 Å². The molecule has 30 heavy (non-hydrogen) atoms. The predicted octanol–water partition coefficient (Wildman–Crippen LogP) is 4.04. The van der Waals surface area contributed by atoms with Gasteiger partial charge in [-0.1, -0.05) is 42.5 Å². The van der Waals surface area contributed by atoms with E-state index in [1.165, 1.54) is 14.2 Å². The maximum atomic E-state index is 12.5. The molecule has 3 aromatic carbocycles. The smallest absolute Gasteiger partial charge is 0.339 e. The lowest BCUT2D eigenvalue weighted by atomic mass is 9.92. The average molecular weight is 399 g/mol. The Hall–Kier alpha value is -3.87. The molecule has 0 atom stereocenters. The first-order chi connectivity index (χ1) is 14.5. The molecule has 0 saturated carbocycles. The van der Waals surface area contributed by atoms with Crippen molar-refractivity contribution in [2.24, 2.45) is 0 Å². The number of nitrogens with zero attached hydrogens (tertiary/aromatic N) is 1. The minimum Gasteiger partial charge on any atom is -0.465 e. The largest absolute Gasteiger partial charge is 0.465 e. The highest BCUT2D eigenvalue weighted by atomic mass is 16.5. The zero-order chi connectivity index (χ0) is 21.7. The summed E-state index contributed by atoms with van der Waals surface area (Å²) in [4.78, 5) is 38.7. The van der Waals surface area contributed by atoms with Crippen LogP contribution in [0.3, 0.4) is 0 Å². The number of anilines is 3. The Morgan fingerprint density at radius 3 is 1.33 bits per heavy atom. The Labute approximate surface area is 175 Å². The molecule has 0 unspecified atom stereocenters. The Balaban J connectivity index is 2.39. The van der Waals surface area contributed by atoms with Gasteiger partial charge in [-0.2, -0.15) is 0 Å². The van der Waals surface area contributed by atoms with Gasteiger partial charge in [-0.25, -0.2) is 9.59 Å². The molecule has 6 nitrogen and oxygen atoms in total. The second kappa shape index (κ2) is 9.09. The van der Waals surface area contributed by atoms with Crippen LogP contribution in [-0.2, 0) is 9.47 Å². The Morgan fingerprint density at radius 1 is 0.633 bits per heavy atom. The van der Waals surface area contributed by atoms with E-state index in [1.54, 1.807) is 77.7 Å². The summed E-state index contributed by atoms with van der Waals surface area (Å²) < 4.78 is 9.85. The van der Waals surface area contributed by atoms with Crippen molar-refractivity contribution in [3.63, 3.8) is 0 Å². The second-order valence-corrected chi connectivity index (χ2v) is 6.23. The summed E-state index contributed by atoms with van der Waals surface area (Å²) in [5.74, 6) is -1.13. The number of methoxy groups -OCH3 is 2. The normalized spacial score (nSPS) is 10.2. The maximum absolute atomic E-state index is 12.5. The molecule has 0 fully saturated rings. The van der Waals surface area contributed by atoms with E-state index in [4.69, 9.17) is 17.3 Å². The first-order valence-electron chi connectivity index (χ1n) is 9.03. The summed E-state index contributed by atoms with van der Waals surface area (Å²) in [7, 11) is 8.17. The maximum Gasteiger partial charge on any atom is 0.339 e. The minimum atomic E-state index is -0.651. The monoisotopic (exact) mass is 399 g/mol. The Morgan fingerprint density at radius 2 is 0.967 bits per heavy atom. The number of carbonyl (C=O) groups excluding carboxylic acids is 3. The van der Waals surface area contributed by atoms with Crippen molar-refractivity contribution >= 4 is 42.5 Å². The minimum absolute atomic E-state index is 0.219. The molecule has 3 rings (SSSR count). The third kappa shape index (κ3) is 3.96. The number of ether oxygens (including phenoxy) is 2. The number of benzene rings is 3. The van der Waals surface area contributed by atoms with Crippen LogP contribution < -0.4 is 4.90 Å². The quantitative estimate of drug-likeness (QED) is 0.460. The van der Waals surface area contributed by atoms with Crippen LogP contribution in [0.15, 0.2) is 72.8 Å². The van der Waals surface area contributed by atoms with Crippen LogP contribution in [0, 0.1) is 0 Å². The molecular formula is C23H18BNO5. The molecule has 0 aliphatic heterocycles. The first-order valence-corrected chi connectivity index (χ1v) is 9.03. The van der Waals surface area contributed by atoms with Crippen molar-refractivity contribution in [2.75, 3.05) is 19.1 Å². The number of esters is 2. The average Bonchev–Trinajstić information content (AvgIpc) is 2.79. The molecule has 0 amide bonds. The van der Waals surface area contributed by atoms with Gasteiger partial charge in [0.1, 0.15) is 5.68 Å². The van der Waals surface area contributed by atoms with E-state index >= 15 is 0 Å². The van der Waals surface area contributed by atoms with Crippen LogP contribution in [-0.4, -0.2) is 39.7 Å². The third-order valence-corrected chi connectivity index (χ3v) is 4.51. The zero-order valence-corrected chi connectivity index (χ0v) is 16.5. The molecular weight excluding hydrogens is 381 g/mol. The number of para-hydroxylation sites is 3. The number of hydrogen-bond donors (Lipinski definition) is 0. The highest BCUT2D eigenvalue weighted by molar-refractivity contribution is 6.63. The summed E-state index contributed by atoms with van der Waals surface area (Å²) in [5, 5.41) is 0. The topological polar surface area (TPSA) is 72.9 Å². The molecule has 0 aromatic heterocycles. The fourth-order valence-corrected chi connectivity index (χ4v) is 3.17. The van der Waals surface area contributed by atoms with Crippen LogP contribution in [0.25, 0.3) is 0 Å².